The maximum Gasteiger partial charge on any atom is 0.0713 e. The van der Waals surface area contributed by atoms with Gasteiger partial charge in [-0.1, -0.05) is 24.3 Å². The zero-order valence-corrected chi connectivity index (χ0v) is 10.5. The molecule has 2 nitrogen and oxygen atoms in total. The van der Waals surface area contributed by atoms with Gasteiger partial charge in [0, 0.05) is 19.2 Å². The highest BCUT2D eigenvalue weighted by Gasteiger charge is 2.33. The quantitative estimate of drug-likeness (QED) is 0.863. The minimum atomic E-state index is 0.720. The van der Waals surface area contributed by atoms with Crippen LogP contribution in [0.4, 0.5) is 0 Å². The highest BCUT2D eigenvalue weighted by molar-refractivity contribution is 5.26. The molecule has 0 amide bonds. The van der Waals surface area contributed by atoms with Crippen molar-refractivity contribution in [3.63, 3.8) is 0 Å². The summed E-state index contributed by atoms with van der Waals surface area (Å²) in [6, 6.07) is 10.6. The van der Waals surface area contributed by atoms with Crippen LogP contribution in [-0.2, 0) is 11.3 Å². The lowest BCUT2D eigenvalue weighted by molar-refractivity contribution is 0.185. The maximum absolute atomic E-state index is 5.15. The van der Waals surface area contributed by atoms with E-state index in [2.05, 4.69) is 29.6 Å². The Hall–Kier alpha value is -0.860. The van der Waals surface area contributed by atoms with Crippen LogP contribution in [0, 0.1) is 0 Å². The van der Waals surface area contributed by atoms with E-state index >= 15 is 0 Å². The van der Waals surface area contributed by atoms with E-state index in [0.29, 0.717) is 0 Å². The van der Waals surface area contributed by atoms with E-state index < -0.39 is 0 Å². The minimum Gasteiger partial charge on any atom is -0.380 e. The Morgan fingerprint density at radius 3 is 2.35 bits per heavy atom. The van der Waals surface area contributed by atoms with Gasteiger partial charge in [-0.2, -0.15) is 0 Å². The molecule has 0 spiro atoms. The van der Waals surface area contributed by atoms with Crippen LogP contribution in [0.5, 0.6) is 0 Å². The van der Waals surface area contributed by atoms with Crippen molar-refractivity contribution in [2.75, 3.05) is 7.11 Å². The molecular formula is C15H21NO. The Bertz CT molecular complexity index is 361. The molecule has 0 unspecified atom stereocenters. The van der Waals surface area contributed by atoms with E-state index in [1.807, 2.05) is 0 Å². The average molecular weight is 231 g/mol. The highest BCUT2D eigenvalue weighted by Crippen LogP contribution is 2.37. The largest absolute Gasteiger partial charge is 0.380 e. The number of hydrogen-bond donors (Lipinski definition) is 1. The van der Waals surface area contributed by atoms with Gasteiger partial charge in [-0.3, -0.25) is 0 Å². The molecule has 1 aromatic rings. The number of methoxy groups -OCH3 is 1. The van der Waals surface area contributed by atoms with E-state index in [9.17, 15) is 0 Å². The first-order valence-electron chi connectivity index (χ1n) is 6.69. The molecule has 3 rings (SSSR count). The molecule has 2 aliphatic heterocycles. The molecule has 92 valence electrons. The van der Waals surface area contributed by atoms with Crippen molar-refractivity contribution in [1.82, 2.24) is 5.32 Å². The predicted octanol–water partition coefficient (Wildman–Crippen LogP) is 2.83. The lowest BCUT2D eigenvalue weighted by Crippen LogP contribution is -2.37. The topological polar surface area (TPSA) is 21.3 Å². The lowest BCUT2D eigenvalue weighted by atomic mass is 9.86. The second-order valence-corrected chi connectivity index (χ2v) is 5.48. The standard InChI is InChI=1S/C15H21NO/c1-17-10-11-2-4-12(5-3-11)13-8-14-6-7-15(9-13)16-14/h2-5,13-16H,6-10H2,1H3/t13-,14+,15-. The second kappa shape index (κ2) is 4.79. The number of ether oxygens (including phenoxy) is 1. The molecule has 1 N–H and O–H groups in total. The molecule has 0 radical (unpaired) electrons. The summed E-state index contributed by atoms with van der Waals surface area (Å²) in [7, 11) is 1.75. The molecule has 3 atom stereocenters. The summed E-state index contributed by atoms with van der Waals surface area (Å²) < 4.78 is 5.15. The van der Waals surface area contributed by atoms with Gasteiger partial charge in [0.15, 0.2) is 0 Å². The SMILES string of the molecule is COCc1ccc([C@H]2C[C@H]3CC[C@@H](C2)N3)cc1. The van der Waals surface area contributed by atoms with Crippen molar-refractivity contribution in [2.24, 2.45) is 0 Å². The van der Waals surface area contributed by atoms with E-state index in [1.165, 1.54) is 36.8 Å². The Labute approximate surface area is 103 Å². The third-order valence-electron chi connectivity index (χ3n) is 4.24. The molecule has 0 saturated carbocycles. The minimum absolute atomic E-state index is 0.720. The summed E-state index contributed by atoms with van der Waals surface area (Å²) in [5.41, 5.74) is 2.79. The third-order valence-corrected chi connectivity index (χ3v) is 4.24. The van der Waals surface area contributed by atoms with Gasteiger partial charge in [0.2, 0.25) is 0 Å². The van der Waals surface area contributed by atoms with Gasteiger partial charge in [-0.25, -0.2) is 0 Å². The molecule has 2 fully saturated rings. The van der Waals surface area contributed by atoms with E-state index in [-0.39, 0.29) is 0 Å². The molecule has 2 saturated heterocycles. The van der Waals surface area contributed by atoms with E-state index in [4.69, 9.17) is 4.74 Å². The third kappa shape index (κ3) is 2.38. The molecule has 17 heavy (non-hydrogen) atoms. The summed E-state index contributed by atoms with van der Waals surface area (Å²) in [5, 5.41) is 3.70. The summed E-state index contributed by atoms with van der Waals surface area (Å²) in [5.74, 6) is 0.769. The first-order chi connectivity index (χ1) is 8.35. The van der Waals surface area contributed by atoms with Crippen LogP contribution in [-0.4, -0.2) is 19.2 Å². The zero-order valence-electron chi connectivity index (χ0n) is 10.5. The Kier molecular flexibility index (Phi) is 3.17. The molecular weight excluding hydrogens is 210 g/mol. The van der Waals surface area contributed by atoms with Gasteiger partial charge < -0.3 is 10.1 Å². The fraction of sp³-hybridized carbons (Fsp3) is 0.600. The molecule has 2 heteroatoms. The van der Waals surface area contributed by atoms with Crippen molar-refractivity contribution < 1.29 is 4.74 Å². The number of benzene rings is 1. The molecule has 1 aromatic carbocycles. The van der Waals surface area contributed by atoms with Crippen molar-refractivity contribution in [1.29, 1.82) is 0 Å². The van der Waals surface area contributed by atoms with Crippen LogP contribution in [0.1, 0.15) is 42.7 Å². The summed E-state index contributed by atoms with van der Waals surface area (Å²) in [6.07, 6.45) is 5.39. The normalized spacial score (nSPS) is 31.7. The fourth-order valence-corrected chi connectivity index (χ4v) is 3.38. The van der Waals surface area contributed by atoms with Gasteiger partial charge >= 0.3 is 0 Å². The highest BCUT2D eigenvalue weighted by atomic mass is 16.5. The van der Waals surface area contributed by atoms with Crippen molar-refractivity contribution in [3.05, 3.63) is 35.4 Å². The van der Waals surface area contributed by atoms with Crippen molar-refractivity contribution in [2.45, 2.75) is 50.3 Å². The molecule has 2 aliphatic rings. The van der Waals surface area contributed by atoms with Crippen LogP contribution in [0.3, 0.4) is 0 Å². The monoisotopic (exact) mass is 231 g/mol. The molecule has 0 aromatic heterocycles. The van der Waals surface area contributed by atoms with E-state index in [0.717, 1.165) is 24.6 Å². The van der Waals surface area contributed by atoms with Crippen LogP contribution in [0.25, 0.3) is 0 Å². The maximum atomic E-state index is 5.15. The first kappa shape index (κ1) is 11.2. The average Bonchev–Trinajstić information content (AvgIpc) is 2.70. The number of hydrogen-bond acceptors (Lipinski definition) is 2. The van der Waals surface area contributed by atoms with Crippen LogP contribution >= 0.6 is 0 Å². The summed E-state index contributed by atoms with van der Waals surface area (Å²) in [4.78, 5) is 0. The van der Waals surface area contributed by atoms with Crippen LogP contribution < -0.4 is 5.32 Å². The number of nitrogens with one attached hydrogen (secondary N) is 1. The summed E-state index contributed by atoms with van der Waals surface area (Å²) in [6.45, 7) is 0.720. The van der Waals surface area contributed by atoms with Gasteiger partial charge in [-0.15, -0.1) is 0 Å². The Morgan fingerprint density at radius 2 is 1.76 bits per heavy atom. The number of fused-ring (bicyclic) bond motifs is 2. The Balaban J connectivity index is 1.71. The molecule has 2 heterocycles. The van der Waals surface area contributed by atoms with Crippen molar-refractivity contribution in [3.8, 4) is 0 Å². The number of piperidine rings is 1. The van der Waals surface area contributed by atoms with Gasteiger partial charge in [-0.05, 0) is 42.7 Å². The fourth-order valence-electron chi connectivity index (χ4n) is 3.38. The molecule has 0 aliphatic carbocycles. The number of rotatable bonds is 3. The molecule has 2 bridgehead atoms. The van der Waals surface area contributed by atoms with Gasteiger partial charge in [0.25, 0.3) is 0 Å². The lowest BCUT2D eigenvalue weighted by Gasteiger charge is -2.29. The first-order valence-corrected chi connectivity index (χ1v) is 6.69. The second-order valence-electron chi connectivity index (χ2n) is 5.48. The predicted molar refractivity (Wildman–Crippen MR) is 69.1 cm³/mol. The van der Waals surface area contributed by atoms with Gasteiger partial charge in [0.05, 0.1) is 6.61 Å². The van der Waals surface area contributed by atoms with Crippen LogP contribution in [0.2, 0.25) is 0 Å². The van der Waals surface area contributed by atoms with Gasteiger partial charge in [0.1, 0.15) is 0 Å². The van der Waals surface area contributed by atoms with Crippen LogP contribution in [0.15, 0.2) is 24.3 Å². The Morgan fingerprint density at radius 1 is 1.12 bits per heavy atom. The van der Waals surface area contributed by atoms with E-state index in [1.54, 1.807) is 7.11 Å². The summed E-state index contributed by atoms with van der Waals surface area (Å²) >= 11 is 0. The van der Waals surface area contributed by atoms with Crippen molar-refractivity contribution >= 4 is 0 Å². The zero-order chi connectivity index (χ0) is 11.7. The smallest absolute Gasteiger partial charge is 0.0713 e.